The van der Waals surface area contributed by atoms with E-state index in [0.29, 0.717) is 4.08 Å². The van der Waals surface area contributed by atoms with Gasteiger partial charge in [-0.05, 0) is 31.6 Å². The third kappa shape index (κ3) is 3.33. The first kappa shape index (κ1) is 13.9. The largest absolute Gasteiger partial charge is 0.337 e. The summed E-state index contributed by atoms with van der Waals surface area (Å²) in [6, 6.07) is 0. The highest BCUT2D eigenvalue weighted by Crippen LogP contribution is 2.55. The summed E-state index contributed by atoms with van der Waals surface area (Å²) in [7, 11) is 0. The van der Waals surface area contributed by atoms with Crippen molar-refractivity contribution in [1.82, 2.24) is 9.55 Å². The summed E-state index contributed by atoms with van der Waals surface area (Å²) in [5, 5.41) is 0. The van der Waals surface area contributed by atoms with Crippen molar-refractivity contribution in [3.63, 3.8) is 0 Å². The SMILES string of the molecule is c1cn(CCCC2(C3CCCCC3)SCCS2)cn1. The second kappa shape index (κ2) is 6.57. The molecule has 0 radical (unpaired) electrons. The van der Waals surface area contributed by atoms with Gasteiger partial charge in [-0.1, -0.05) is 19.3 Å². The molecule has 0 aromatic carbocycles. The van der Waals surface area contributed by atoms with Crippen molar-refractivity contribution >= 4 is 23.5 Å². The fraction of sp³-hybridized carbons (Fsp3) is 0.800. The van der Waals surface area contributed by atoms with Gasteiger partial charge in [-0.15, -0.1) is 23.5 Å². The van der Waals surface area contributed by atoms with Gasteiger partial charge in [0.2, 0.25) is 0 Å². The Morgan fingerprint density at radius 2 is 1.95 bits per heavy atom. The van der Waals surface area contributed by atoms with Crippen molar-refractivity contribution in [1.29, 1.82) is 0 Å². The maximum absolute atomic E-state index is 4.13. The van der Waals surface area contributed by atoms with Crippen LogP contribution in [0.4, 0.5) is 0 Å². The summed E-state index contributed by atoms with van der Waals surface area (Å²) in [6.07, 6.45) is 16.0. The monoisotopic (exact) mass is 296 g/mol. The zero-order valence-corrected chi connectivity index (χ0v) is 13.2. The van der Waals surface area contributed by atoms with Gasteiger partial charge in [0, 0.05) is 30.4 Å². The van der Waals surface area contributed by atoms with Gasteiger partial charge in [-0.25, -0.2) is 4.98 Å². The van der Waals surface area contributed by atoms with Crippen molar-refractivity contribution in [2.45, 2.75) is 55.6 Å². The fourth-order valence-electron chi connectivity index (χ4n) is 3.52. The van der Waals surface area contributed by atoms with E-state index in [1.807, 2.05) is 12.5 Å². The van der Waals surface area contributed by atoms with Gasteiger partial charge in [0.15, 0.2) is 0 Å². The Hall–Kier alpha value is -0.0900. The lowest BCUT2D eigenvalue weighted by Gasteiger charge is -2.38. The summed E-state index contributed by atoms with van der Waals surface area (Å²) in [5.41, 5.74) is 0. The first-order chi connectivity index (χ1) is 9.39. The van der Waals surface area contributed by atoms with E-state index in [-0.39, 0.29) is 0 Å². The minimum Gasteiger partial charge on any atom is -0.337 e. The van der Waals surface area contributed by atoms with E-state index in [1.165, 1.54) is 56.5 Å². The number of nitrogens with zero attached hydrogens (tertiary/aromatic N) is 2. The molecule has 0 atom stereocenters. The fourth-order valence-corrected chi connectivity index (χ4v) is 7.24. The molecule has 1 aromatic heterocycles. The van der Waals surface area contributed by atoms with Gasteiger partial charge in [0.25, 0.3) is 0 Å². The van der Waals surface area contributed by atoms with E-state index < -0.39 is 0 Å². The van der Waals surface area contributed by atoms with Crippen LogP contribution in [-0.4, -0.2) is 25.1 Å². The Labute approximate surface area is 125 Å². The Morgan fingerprint density at radius 3 is 2.63 bits per heavy atom. The third-order valence-corrected chi connectivity index (χ3v) is 8.34. The molecular formula is C15H24N2S2. The lowest BCUT2D eigenvalue weighted by molar-refractivity contribution is 0.320. The third-order valence-electron chi connectivity index (χ3n) is 4.50. The summed E-state index contributed by atoms with van der Waals surface area (Å²) < 4.78 is 2.78. The molecule has 2 heterocycles. The molecule has 0 N–H and O–H groups in total. The molecule has 2 fully saturated rings. The molecule has 106 valence electrons. The standard InChI is InChI=1S/C15H24N2S2/c1-2-5-14(6-3-1)15(18-11-12-19-15)7-4-9-17-10-8-16-13-17/h8,10,13-14H,1-7,9,11-12H2. The first-order valence-corrected chi connectivity index (χ1v) is 9.60. The summed E-state index contributed by atoms with van der Waals surface area (Å²) in [6.45, 7) is 1.13. The number of hydrogen-bond donors (Lipinski definition) is 0. The molecule has 3 rings (SSSR count). The van der Waals surface area contributed by atoms with Crippen molar-refractivity contribution in [3.8, 4) is 0 Å². The highest BCUT2D eigenvalue weighted by molar-refractivity contribution is 8.21. The van der Waals surface area contributed by atoms with Gasteiger partial charge in [-0.2, -0.15) is 0 Å². The van der Waals surface area contributed by atoms with E-state index in [2.05, 4.69) is 39.3 Å². The maximum Gasteiger partial charge on any atom is 0.0945 e. The molecular weight excluding hydrogens is 272 g/mol. The van der Waals surface area contributed by atoms with Crippen LogP contribution in [0.3, 0.4) is 0 Å². The van der Waals surface area contributed by atoms with Crippen LogP contribution in [0.5, 0.6) is 0 Å². The molecule has 4 heteroatoms. The zero-order valence-electron chi connectivity index (χ0n) is 11.6. The Morgan fingerprint density at radius 1 is 1.16 bits per heavy atom. The number of aryl methyl sites for hydroxylation is 1. The average Bonchev–Trinajstić information content (AvgIpc) is 3.12. The molecule has 2 nitrogen and oxygen atoms in total. The first-order valence-electron chi connectivity index (χ1n) is 7.63. The minimum atomic E-state index is 0.557. The van der Waals surface area contributed by atoms with Crippen LogP contribution in [0.2, 0.25) is 0 Å². The second-order valence-corrected chi connectivity index (χ2v) is 8.86. The van der Waals surface area contributed by atoms with E-state index in [9.17, 15) is 0 Å². The lowest BCUT2D eigenvalue weighted by Crippen LogP contribution is -2.31. The van der Waals surface area contributed by atoms with Crippen LogP contribution < -0.4 is 0 Å². The summed E-state index contributed by atoms with van der Waals surface area (Å²) in [4.78, 5) is 4.13. The smallest absolute Gasteiger partial charge is 0.0945 e. The molecule has 0 spiro atoms. The molecule has 0 unspecified atom stereocenters. The molecule has 1 saturated carbocycles. The lowest BCUT2D eigenvalue weighted by atomic mass is 9.85. The van der Waals surface area contributed by atoms with Gasteiger partial charge < -0.3 is 4.57 Å². The molecule has 1 aromatic rings. The zero-order chi connectivity index (χ0) is 13.0. The highest BCUT2D eigenvalue weighted by Gasteiger charge is 2.42. The van der Waals surface area contributed by atoms with Crippen molar-refractivity contribution in [3.05, 3.63) is 18.7 Å². The quantitative estimate of drug-likeness (QED) is 0.801. The summed E-state index contributed by atoms with van der Waals surface area (Å²) in [5.74, 6) is 3.71. The van der Waals surface area contributed by atoms with Crippen LogP contribution in [-0.2, 0) is 6.54 Å². The molecule has 1 saturated heterocycles. The number of hydrogen-bond acceptors (Lipinski definition) is 3. The number of thioether (sulfide) groups is 2. The van der Waals surface area contributed by atoms with Crippen molar-refractivity contribution < 1.29 is 0 Å². The van der Waals surface area contributed by atoms with Gasteiger partial charge in [-0.3, -0.25) is 0 Å². The Bertz CT molecular complexity index is 366. The minimum absolute atomic E-state index is 0.557. The van der Waals surface area contributed by atoms with E-state index >= 15 is 0 Å². The second-order valence-electron chi connectivity index (χ2n) is 5.75. The predicted octanol–water partition coefficient (Wildman–Crippen LogP) is 4.42. The topological polar surface area (TPSA) is 17.8 Å². The molecule has 0 bridgehead atoms. The molecule has 1 aliphatic heterocycles. The van der Waals surface area contributed by atoms with Gasteiger partial charge in [0.05, 0.1) is 10.4 Å². The van der Waals surface area contributed by atoms with Crippen molar-refractivity contribution in [2.75, 3.05) is 11.5 Å². The van der Waals surface area contributed by atoms with Gasteiger partial charge >= 0.3 is 0 Å². The molecule has 1 aliphatic carbocycles. The van der Waals surface area contributed by atoms with Crippen LogP contribution in [0.1, 0.15) is 44.9 Å². The molecule has 19 heavy (non-hydrogen) atoms. The van der Waals surface area contributed by atoms with Gasteiger partial charge in [0.1, 0.15) is 0 Å². The molecule has 2 aliphatic rings. The highest BCUT2D eigenvalue weighted by atomic mass is 32.2. The number of imidazole rings is 1. The molecule has 0 amide bonds. The normalized spacial score (nSPS) is 23.8. The number of rotatable bonds is 5. The Balaban J connectivity index is 1.57. The predicted molar refractivity (Wildman–Crippen MR) is 85.7 cm³/mol. The van der Waals surface area contributed by atoms with Crippen molar-refractivity contribution in [2.24, 2.45) is 5.92 Å². The van der Waals surface area contributed by atoms with Crippen LogP contribution in [0.15, 0.2) is 18.7 Å². The average molecular weight is 297 g/mol. The maximum atomic E-state index is 4.13. The van der Waals surface area contributed by atoms with Crippen LogP contribution >= 0.6 is 23.5 Å². The number of aromatic nitrogens is 2. The van der Waals surface area contributed by atoms with Crippen LogP contribution in [0, 0.1) is 5.92 Å². The van der Waals surface area contributed by atoms with E-state index in [1.54, 1.807) is 0 Å². The van der Waals surface area contributed by atoms with Crippen LogP contribution in [0.25, 0.3) is 0 Å². The Kier molecular flexibility index (Phi) is 4.80. The summed E-state index contributed by atoms with van der Waals surface area (Å²) >= 11 is 4.54. The van der Waals surface area contributed by atoms with E-state index in [0.717, 1.165) is 12.5 Å². The van der Waals surface area contributed by atoms with E-state index in [4.69, 9.17) is 0 Å².